The number of nitrogens with zero attached hydrogens (tertiary/aromatic N) is 1. The van der Waals surface area contributed by atoms with Crippen LogP contribution in [0.15, 0.2) is 91.0 Å². The first kappa shape index (κ1) is 44.9. The lowest BCUT2D eigenvalue weighted by Crippen LogP contribution is -2.54. The average molecular weight is 861 g/mol. The lowest BCUT2D eigenvalue weighted by atomic mass is 9.98. The minimum atomic E-state index is -4.15. The maximum atomic E-state index is 13.7. The van der Waals surface area contributed by atoms with Crippen LogP contribution in [0.3, 0.4) is 0 Å². The molecule has 0 radical (unpaired) electrons. The number of fused-ring (bicyclic) bond motifs is 3. The molecule has 0 saturated carbocycles. The topological polar surface area (TPSA) is 274 Å². The molecule has 0 aromatic heterocycles. The van der Waals surface area contributed by atoms with Crippen LogP contribution in [0.4, 0.5) is 25.8 Å². The molecule has 322 valence electrons. The molecule has 0 heterocycles. The number of benzene rings is 4. The molecule has 0 saturated heterocycles. The second-order valence-electron chi connectivity index (χ2n) is 14.2. The summed E-state index contributed by atoms with van der Waals surface area (Å²) in [6.45, 7) is 2.91. The highest BCUT2D eigenvalue weighted by atomic mass is 32.2. The van der Waals surface area contributed by atoms with E-state index in [1.807, 2.05) is 48.5 Å². The Morgan fingerprint density at radius 1 is 0.852 bits per heavy atom. The van der Waals surface area contributed by atoms with Gasteiger partial charge in [0.05, 0.1) is 11.2 Å². The summed E-state index contributed by atoms with van der Waals surface area (Å²) in [6, 6.07) is 20.9. The van der Waals surface area contributed by atoms with Crippen molar-refractivity contribution < 1.29 is 55.7 Å². The maximum absolute atomic E-state index is 13.7. The van der Waals surface area contributed by atoms with Crippen LogP contribution in [0.25, 0.3) is 11.1 Å². The van der Waals surface area contributed by atoms with Crippen LogP contribution in [0, 0.1) is 16.0 Å². The van der Waals surface area contributed by atoms with Gasteiger partial charge in [-0.25, -0.2) is 14.4 Å². The summed E-state index contributed by atoms with van der Waals surface area (Å²) in [5.74, 6) is -2.51. The molecule has 1 aliphatic carbocycles. The second kappa shape index (κ2) is 20.2. The molecule has 1 aliphatic rings. The molecule has 20 heteroatoms. The van der Waals surface area contributed by atoms with Crippen LogP contribution in [0.1, 0.15) is 49.3 Å². The van der Waals surface area contributed by atoms with Crippen molar-refractivity contribution in [3.8, 4) is 22.6 Å². The molecule has 5 amide bonds. The van der Waals surface area contributed by atoms with Crippen molar-refractivity contribution >= 4 is 51.6 Å². The Morgan fingerprint density at radius 3 is 2.08 bits per heavy atom. The van der Waals surface area contributed by atoms with Gasteiger partial charge in [0.2, 0.25) is 11.8 Å². The number of anilines is 1. The normalized spacial score (nSPS) is 12.8. The van der Waals surface area contributed by atoms with Crippen molar-refractivity contribution in [2.45, 2.75) is 51.3 Å². The first-order chi connectivity index (χ1) is 29.0. The van der Waals surface area contributed by atoms with Crippen LogP contribution in [0.2, 0.25) is 0 Å². The molecular formula is C41H44N6O13S. The van der Waals surface area contributed by atoms with Gasteiger partial charge in [0.1, 0.15) is 31.0 Å². The fraction of sp³-hybridized carbons (Fsp3) is 0.293. The third-order valence-electron chi connectivity index (χ3n) is 9.34. The lowest BCUT2D eigenvalue weighted by molar-refractivity contribution is -0.384. The quantitative estimate of drug-likeness (QED) is 0.0218. The molecule has 0 bridgehead atoms. The van der Waals surface area contributed by atoms with E-state index < -0.39 is 69.7 Å². The Labute approximate surface area is 350 Å². The average Bonchev–Trinajstić information content (AvgIpc) is 3.52. The number of nitrogens with two attached hydrogens (primary N) is 1. The number of nitrogens with one attached hydrogen (secondary N) is 4. The molecular weight excluding hydrogens is 817 g/mol. The van der Waals surface area contributed by atoms with E-state index >= 15 is 0 Å². The van der Waals surface area contributed by atoms with E-state index in [2.05, 4.69) is 21.3 Å². The van der Waals surface area contributed by atoms with E-state index in [1.165, 1.54) is 24.3 Å². The zero-order chi connectivity index (χ0) is 44.3. The molecule has 19 nitrogen and oxygen atoms in total. The maximum Gasteiger partial charge on any atom is 0.514 e. The van der Waals surface area contributed by atoms with Gasteiger partial charge in [-0.2, -0.15) is 8.42 Å². The molecule has 5 rings (SSSR count). The predicted octanol–water partition coefficient (Wildman–Crippen LogP) is 5.08. The highest BCUT2D eigenvalue weighted by molar-refractivity contribution is 7.86. The van der Waals surface area contributed by atoms with Crippen LogP contribution in [-0.4, -0.2) is 74.9 Å². The standard InChI is InChI=1S/C41H44N6O13S/c1-24(2)36(46-40(51)57-23-33-31-11-6-4-9-29(31)30-10-5-7-12-32(30)33)38(49)45-34(13-8-20-43-39(42)50)37(48)44-26-15-14-25(35(21-26)60-61(3,55)56)22-58-41(52)59-28-18-16-27(17-19-28)47(53)54/h4-7,9-12,14-19,21,24,33-34,36H,8,13,20,22-23H2,1-3H3,(H,44,48)(H,45,49)(H,46,51)(H3,42,43,50)/t34-,36-/m0/s1. The number of nitro groups is 1. The molecule has 6 N–H and O–H groups in total. The number of carbonyl (C=O) groups is 5. The minimum absolute atomic E-state index is 0.00635. The number of carbonyl (C=O) groups excluding carboxylic acids is 5. The van der Waals surface area contributed by atoms with Crippen LogP contribution in [-0.2, 0) is 35.8 Å². The number of hydrogen-bond donors (Lipinski definition) is 5. The van der Waals surface area contributed by atoms with Crippen LogP contribution >= 0.6 is 0 Å². The fourth-order valence-electron chi connectivity index (χ4n) is 6.47. The molecule has 0 fully saturated rings. The van der Waals surface area contributed by atoms with E-state index in [0.717, 1.165) is 46.7 Å². The predicted molar refractivity (Wildman–Crippen MR) is 220 cm³/mol. The number of nitro benzene ring substituents is 1. The van der Waals surface area contributed by atoms with E-state index in [1.54, 1.807) is 13.8 Å². The zero-order valence-corrected chi connectivity index (χ0v) is 34.1. The molecule has 0 unspecified atom stereocenters. The van der Waals surface area contributed by atoms with Gasteiger partial charge in [-0.15, -0.1) is 0 Å². The summed E-state index contributed by atoms with van der Waals surface area (Å²) >= 11 is 0. The van der Waals surface area contributed by atoms with Crippen LogP contribution in [0.5, 0.6) is 11.5 Å². The molecule has 2 atom stereocenters. The van der Waals surface area contributed by atoms with E-state index in [0.29, 0.717) is 0 Å². The first-order valence-corrected chi connectivity index (χ1v) is 20.7. The number of alkyl carbamates (subject to hydrolysis) is 1. The fourth-order valence-corrected chi connectivity index (χ4v) is 6.95. The molecule has 4 aromatic rings. The highest BCUT2D eigenvalue weighted by Crippen LogP contribution is 2.44. The van der Waals surface area contributed by atoms with Gasteiger partial charge in [0, 0.05) is 41.9 Å². The molecule has 0 aliphatic heterocycles. The Bertz CT molecular complexity index is 2350. The van der Waals surface area contributed by atoms with Gasteiger partial charge in [-0.1, -0.05) is 62.4 Å². The van der Waals surface area contributed by atoms with Crippen LogP contribution < -0.4 is 35.9 Å². The number of rotatable bonds is 18. The Kier molecular flexibility index (Phi) is 14.8. The van der Waals surface area contributed by atoms with E-state index in [9.17, 15) is 42.5 Å². The van der Waals surface area contributed by atoms with Crippen molar-refractivity contribution in [1.29, 1.82) is 0 Å². The van der Waals surface area contributed by atoms with Gasteiger partial charge in [-0.3, -0.25) is 19.7 Å². The Hall–Kier alpha value is -7.22. The summed E-state index contributed by atoms with van der Waals surface area (Å²) in [5.41, 5.74) is 9.13. The smallest absolute Gasteiger partial charge is 0.449 e. The minimum Gasteiger partial charge on any atom is -0.449 e. The van der Waals surface area contributed by atoms with Gasteiger partial charge in [0.25, 0.3) is 5.69 Å². The largest absolute Gasteiger partial charge is 0.514 e. The lowest BCUT2D eigenvalue weighted by Gasteiger charge is -2.25. The summed E-state index contributed by atoms with van der Waals surface area (Å²) < 4.78 is 45.2. The zero-order valence-electron chi connectivity index (χ0n) is 33.2. The number of primary amides is 1. The number of urea groups is 1. The molecule has 0 spiro atoms. The Balaban J connectivity index is 1.25. The monoisotopic (exact) mass is 860 g/mol. The van der Waals surface area contributed by atoms with Crippen molar-refractivity contribution in [3.63, 3.8) is 0 Å². The number of hydrogen-bond acceptors (Lipinski definition) is 13. The summed E-state index contributed by atoms with van der Waals surface area (Å²) in [5, 5.41) is 21.2. The molecule has 4 aromatic carbocycles. The number of ether oxygens (including phenoxy) is 3. The van der Waals surface area contributed by atoms with Gasteiger partial charge >= 0.3 is 28.4 Å². The van der Waals surface area contributed by atoms with E-state index in [4.69, 9.17) is 24.1 Å². The van der Waals surface area contributed by atoms with Crippen molar-refractivity contribution in [2.24, 2.45) is 11.7 Å². The molecule has 61 heavy (non-hydrogen) atoms. The number of amides is 5. The van der Waals surface area contributed by atoms with Crippen molar-refractivity contribution in [1.82, 2.24) is 16.0 Å². The third kappa shape index (κ3) is 12.6. The van der Waals surface area contributed by atoms with E-state index in [-0.39, 0.29) is 60.3 Å². The second-order valence-corrected chi connectivity index (χ2v) is 15.8. The van der Waals surface area contributed by atoms with Crippen molar-refractivity contribution in [2.75, 3.05) is 24.7 Å². The SMILES string of the molecule is CC(C)[C@H](NC(=O)OCC1c2ccccc2-c2ccccc21)C(=O)N[C@@H](CCCNC(N)=O)C(=O)Nc1ccc(COC(=O)Oc2ccc([N+](=O)[O-])cc2)c(OS(C)(=O)=O)c1. The third-order valence-corrected chi connectivity index (χ3v) is 9.82. The summed E-state index contributed by atoms with van der Waals surface area (Å²) in [7, 11) is -4.15. The highest BCUT2D eigenvalue weighted by Gasteiger charge is 2.32. The number of non-ortho nitro benzene ring substituents is 1. The van der Waals surface area contributed by atoms with Gasteiger partial charge in [0.15, 0.2) is 5.75 Å². The van der Waals surface area contributed by atoms with Gasteiger partial charge in [-0.05, 0) is 65.3 Å². The first-order valence-electron chi connectivity index (χ1n) is 18.9. The Morgan fingerprint density at radius 2 is 1.49 bits per heavy atom. The summed E-state index contributed by atoms with van der Waals surface area (Å²) in [4.78, 5) is 74.5. The summed E-state index contributed by atoms with van der Waals surface area (Å²) in [6.07, 6.45) is -1.11. The van der Waals surface area contributed by atoms with Crippen molar-refractivity contribution in [3.05, 3.63) is 118 Å². The van der Waals surface area contributed by atoms with Gasteiger partial charge < -0.3 is 45.4 Å².